The Kier molecular flexibility index (Phi) is 7.33. The van der Waals surface area contributed by atoms with Crippen LogP contribution in [0, 0.1) is 0 Å². The molecular weight excluding hydrogens is 458 g/mol. The van der Waals surface area contributed by atoms with Crippen molar-refractivity contribution in [2.24, 2.45) is 0 Å². The molecule has 0 aromatic heterocycles. The van der Waals surface area contributed by atoms with Gasteiger partial charge in [-0.1, -0.05) is 46.3 Å². The van der Waals surface area contributed by atoms with Gasteiger partial charge >= 0.3 is 11.9 Å². The minimum Gasteiger partial charge on any atom is -0.463 e. The highest BCUT2D eigenvalue weighted by Gasteiger charge is 2.40. The summed E-state index contributed by atoms with van der Waals surface area (Å²) in [5.41, 5.74) is 3.99. The second kappa shape index (κ2) is 9.96. The van der Waals surface area contributed by atoms with Gasteiger partial charge in [0.05, 0.1) is 30.3 Å². The number of carbonyl (C=O) groups is 2. The van der Waals surface area contributed by atoms with Gasteiger partial charge in [-0.25, -0.2) is 9.59 Å². The standard InChI is InChI=1S/C25H26BrNO4/c1-5-30-24(28)21-16(3)27(20-10-8-7-9-11-20)17(4)22(25(29)31-6-2)23(21)18-12-14-19(26)15-13-18/h7-15,23H,5-6H2,1-4H3. The van der Waals surface area contributed by atoms with Crippen LogP contribution in [0.25, 0.3) is 0 Å². The molecule has 0 bridgehead atoms. The largest absolute Gasteiger partial charge is 0.463 e. The van der Waals surface area contributed by atoms with Gasteiger partial charge in [0.15, 0.2) is 0 Å². The fraction of sp³-hybridized carbons (Fsp3) is 0.280. The lowest BCUT2D eigenvalue weighted by Gasteiger charge is -2.38. The number of halogens is 1. The number of benzene rings is 2. The molecule has 0 saturated heterocycles. The maximum Gasteiger partial charge on any atom is 0.336 e. The van der Waals surface area contributed by atoms with Gasteiger partial charge in [-0.05, 0) is 57.5 Å². The number of hydrogen-bond acceptors (Lipinski definition) is 5. The summed E-state index contributed by atoms with van der Waals surface area (Å²) in [4.78, 5) is 28.3. The minimum absolute atomic E-state index is 0.242. The van der Waals surface area contributed by atoms with E-state index in [0.717, 1.165) is 27.1 Å². The molecule has 5 nitrogen and oxygen atoms in total. The first-order valence-corrected chi connectivity index (χ1v) is 11.1. The van der Waals surface area contributed by atoms with Gasteiger partial charge in [-0.3, -0.25) is 0 Å². The molecule has 0 atom stereocenters. The molecule has 2 aromatic carbocycles. The van der Waals surface area contributed by atoms with Gasteiger partial charge in [0.25, 0.3) is 0 Å². The molecule has 3 rings (SSSR count). The van der Waals surface area contributed by atoms with E-state index in [-0.39, 0.29) is 13.2 Å². The number of anilines is 1. The first-order chi connectivity index (χ1) is 14.9. The summed E-state index contributed by atoms with van der Waals surface area (Å²) in [7, 11) is 0. The monoisotopic (exact) mass is 483 g/mol. The maximum absolute atomic E-state index is 13.2. The van der Waals surface area contributed by atoms with Crippen LogP contribution in [0.2, 0.25) is 0 Å². The summed E-state index contributed by atoms with van der Waals surface area (Å²) >= 11 is 3.46. The second-order valence-electron chi connectivity index (χ2n) is 7.09. The quantitative estimate of drug-likeness (QED) is 0.491. The summed E-state index contributed by atoms with van der Waals surface area (Å²) in [5.74, 6) is -1.47. The molecular formula is C25H26BrNO4. The van der Waals surface area contributed by atoms with Gasteiger partial charge in [0.1, 0.15) is 0 Å². The molecule has 0 unspecified atom stereocenters. The number of para-hydroxylation sites is 1. The Morgan fingerprint density at radius 1 is 0.839 bits per heavy atom. The van der Waals surface area contributed by atoms with Crippen LogP contribution in [-0.4, -0.2) is 25.2 Å². The van der Waals surface area contributed by atoms with E-state index in [4.69, 9.17) is 9.47 Å². The summed E-state index contributed by atoms with van der Waals surface area (Å²) in [6.45, 7) is 7.80. The molecule has 2 aromatic rings. The molecule has 1 aliphatic heterocycles. The Labute approximate surface area is 191 Å². The Morgan fingerprint density at radius 2 is 1.32 bits per heavy atom. The highest BCUT2D eigenvalue weighted by molar-refractivity contribution is 9.10. The van der Waals surface area contributed by atoms with Crippen molar-refractivity contribution in [3.63, 3.8) is 0 Å². The fourth-order valence-corrected chi connectivity index (χ4v) is 4.22. The molecule has 1 heterocycles. The van der Waals surface area contributed by atoms with Crippen LogP contribution in [0.15, 0.2) is 81.6 Å². The molecule has 6 heteroatoms. The van der Waals surface area contributed by atoms with Gasteiger partial charge in [0.2, 0.25) is 0 Å². The molecule has 0 fully saturated rings. The van der Waals surface area contributed by atoms with Crippen molar-refractivity contribution >= 4 is 33.6 Å². The zero-order valence-electron chi connectivity index (χ0n) is 18.1. The third-order valence-electron chi connectivity index (χ3n) is 5.24. The lowest BCUT2D eigenvalue weighted by atomic mass is 9.79. The number of hydrogen-bond donors (Lipinski definition) is 0. The van der Waals surface area contributed by atoms with Crippen molar-refractivity contribution in [3.8, 4) is 0 Å². The van der Waals surface area contributed by atoms with Crippen LogP contribution >= 0.6 is 15.9 Å². The molecule has 0 radical (unpaired) electrons. The van der Waals surface area contributed by atoms with Gasteiger partial charge < -0.3 is 14.4 Å². The van der Waals surface area contributed by atoms with Gasteiger partial charge in [-0.2, -0.15) is 0 Å². The van der Waals surface area contributed by atoms with Crippen LogP contribution in [0.4, 0.5) is 5.69 Å². The van der Waals surface area contributed by atoms with Crippen molar-refractivity contribution < 1.29 is 19.1 Å². The predicted octanol–water partition coefficient (Wildman–Crippen LogP) is 5.73. The number of esters is 2. The fourth-order valence-electron chi connectivity index (χ4n) is 3.96. The van der Waals surface area contributed by atoms with Gasteiger partial charge in [0, 0.05) is 21.6 Å². The highest BCUT2D eigenvalue weighted by atomic mass is 79.9. The number of nitrogens with zero attached hydrogens (tertiary/aromatic N) is 1. The van der Waals surface area contributed by atoms with Crippen LogP contribution in [0.5, 0.6) is 0 Å². The molecule has 0 spiro atoms. The molecule has 0 N–H and O–H groups in total. The van der Waals surface area contributed by atoms with E-state index in [0.29, 0.717) is 11.1 Å². The molecule has 0 amide bonds. The Morgan fingerprint density at radius 3 is 1.77 bits per heavy atom. The van der Waals surface area contributed by atoms with E-state index in [9.17, 15) is 9.59 Å². The number of carbonyl (C=O) groups excluding carboxylic acids is 2. The topological polar surface area (TPSA) is 55.8 Å². The second-order valence-corrected chi connectivity index (χ2v) is 8.01. The van der Waals surface area contributed by atoms with E-state index in [1.165, 1.54) is 0 Å². The zero-order chi connectivity index (χ0) is 22.5. The number of allylic oxidation sites excluding steroid dienone is 2. The number of rotatable bonds is 6. The maximum atomic E-state index is 13.2. The third kappa shape index (κ3) is 4.59. The molecule has 0 saturated carbocycles. The van der Waals surface area contributed by atoms with Crippen LogP contribution in [0.1, 0.15) is 39.2 Å². The smallest absolute Gasteiger partial charge is 0.336 e. The van der Waals surface area contributed by atoms with Crippen molar-refractivity contribution in [3.05, 3.63) is 87.2 Å². The van der Waals surface area contributed by atoms with E-state index in [1.54, 1.807) is 13.8 Å². The normalized spacial score (nSPS) is 14.7. The summed E-state index contributed by atoms with van der Waals surface area (Å²) in [5, 5.41) is 0. The minimum atomic E-state index is -0.592. The molecule has 31 heavy (non-hydrogen) atoms. The number of ether oxygens (including phenoxy) is 2. The zero-order valence-corrected chi connectivity index (χ0v) is 19.7. The first-order valence-electron chi connectivity index (χ1n) is 10.3. The summed E-state index contributed by atoms with van der Waals surface area (Å²) < 4.78 is 11.8. The lowest BCUT2D eigenvalue weighted by molar-refractivity contribution is -0.139. The lowest BCUT2D eigenvalue weighted by Crippen LogP contribution is -2.35. The van der Waals surface area contributed by atoms with E-state index < -0.39 is 17.9 Å². The van der Waals surface area contributed by atoms with Crippen molar-refractivity contribution in [2.45, 2.75) is 33.6 Å². The van der Waals surface area contributed by atoms with Crippen molar-refractivity contribution in [2.75, 3.05) is 18.1 Å². The summed E-state index contributed by atoms with van der Waals surface area (Å²) in [6.07, 6.45) is 0. The molecule has 1 aliphatic rings. The highest BCUT2D eigenvalue weighted by Crippen LogP contribution is 2.44. The third-order valence-corrected chi connectivity index (χ3v) is 5.76. The Hall–Kier alpha value is -2.86. The average molecular weight is 484 g/mol. The van der Waals surface area contributed by atoms with Crippen LogP contribution in [-0.2, 0) is 19.1 Å². The Bertz CT molecular complexity index is 983. The molecule has 162 valence electrons. The van der Waals surface area contributed by atoms with E-state index >= 15 is 0 Å². The van der Waals surface area contributed by atoms with E-state index in [1.807, 2.05) is 73.3 Å². The summed E-state index contributed by atoms with van der Waals surface area (Å²) in [6, 6.07) is 17.3. The van der Waals surface area contributed by atoms with Crippen molar-refractivity contribution in [1.82, 2.24) is 0 Å². The van der Waals surface area contributed by atoms with Gasteiger partial charge in [-0.15, -0.1) is 0 Å². The van der Waals surface area contributed by atoms with Crippen molar-refractivity contribution in [1.29, 1.82) is 0 Å². The first kappa shape index (κ1) is 22.8. The molecule has 0 aliphatic carbocycles. The average Bonchev–Trinajstić information content (AvgIpc) is 2.75. The predicted molar refractivity (Wildman–Crippen MR) is 124 cm³/mol. The SMILES string of the molecule is CCOC(=O)C1=C(C)N(c2ccccc2)C(C)=C(C(=O)OCC)C1c1ccc(Br)cc1. The Balaban J connectivity index is 2.30. The van der Waals surface area contributed by atoms with E-state index in [2.05, 4.69) is 15.9 Å². The van der Waals surface area contributed by atoms with Crippen LogP contribution < -0.4 is 4.90 Å². The van der Waals surface area contributed by atoms with Crippen LogP contribution in [0.3, 0.4) is 0 Å².